The highest BCUT2D eigenvalue weighted by Crippen LogP contribution is 2.22. The van der Waals surface area contributed by atoms with Gasteiger partial charge in [-0.05, 0) is 63.4 Å². The van der Waals surface area contributed by atoms with Crippen molar-refractivity contribution in [3.63, 3.8) is 0 Å². The van der Waals surface area contributed by atoms with Crippen LogP contribution in [0.15, 0.2) is 23.1 Å². The van der Waals surface area contributed by atoms with E-state index < -0.39 is 10.0 Å². The number of hydrogen-bond donors (Lipinski definition) is 2. The molecule has 1 aromatic carbocycles. The zero-order chi connectivity index (χ0) is 15.5. The van der Waals surface area contributed by atoms with E-state index in [0.29, 0.717) is 17.2 Å². The van der Waals surface area contributed by atoms with Gasteiger partial charge in [-0.3, -0.25) is 0 Å². The molecule has 1 aliphatic rings. The van der Waals surface area contributed by atoms with Crippen molar-refractivity contribution in [3.8, 4) is 6.07 Å². The van der Waals surface area contributed by atoms with E-state index in [9.17, 15) is 8.42 Å². The summed E-state index contributed by atoms with van der Waals surface area (Å²) in [5.74, 6) is 0. The lowest BCUT2D eigenvalue weighted by Crippen LogP contribution is -2.41. The summed E-state index contributed by atoms with van der Waals surface area (Å²) in [4.78, 5) is 0.261. The molecule has 2 rings (SSSR count). The third-order valence-corrected chi connectivity index (χ3v) is 5.73. The maximum atomic E-state index is 12.5. The van der Waals surface area contributed by atoms with Crippen molar-refractivity contribution in [2.24, 2.45) is 0 Å². The first-order valence-electron chi connectivity index (χ1n) is 7.16. The van der Waals surface area contributed by atoms with Crippen molar-refractivity contribution in [1.82, 2.24) is 10.0 Å². The summed E-state index contributed by atoms with van der Waals surface area (Å²) >= 11 is 0. The minimum absolute atomic E-state index is 0.00496. The van der Waals surface area contributed by atoms with Crippen LogP contribution in [-0.4, -0.2) is 27.5 Å². The third-order valence-electron chi connectivity index (χ3n) is 4.05. The Morgan fingerprint density at radius 2 is 1.81 bits per heavy atom. The third kappa shape index (κ3) is 3.82. The van der Waals surface area contributed by atoms with Crippen LogP contribution in [0, 0.1) is 18.3 Å². The Kier molecular flexibility index (Phi) is 4.99. The quantitative estimate of drug-likeness (QED) is 0.886. The van der Waals surface area contributed by atoms with Crippen LogP contribution in [-0.2, 0) is 10.0 Å². The fourth-order valence-electron chi connectivity index (χ4n) is 2.80. The van der Waals surface area contributed by atoms with Crippen LogP contribution in [0.3, 0.4) is 0 Å². The number of nitrogens with one attached hydrogen (secondary N) is 2. The molecule has 0 spiro atoms. The Morgan fingerprint density at radius 3 is 2.33 bits per heavy atom. The van der Waals surface area contributed by atoms with Crippen LogP contribution < -0.4 is 10.0 Å². The van der Waals surface area contributed by atoms with Crippen LogP contribution >= 0.6 is 0 Å². The lowest BCUT2D eigenvalue weighted by Gasteiger charge is -2.28. The Hall–Kier alpha value is -1.42. The Balaban J connectivity index is 2.11. The summed E-state index contributed by atoms with van der Waals surface area (Å²) < 4.78 is 27.7. The van der Waals surface area contributed by atoms with Gasteiger partial charge in [-0.2, -0.15) is 5.26 Å². The molecular weight excluding hydrogens is 286 g/mol. The second-order valence-electron chi connectivity index (χ2n) is 5.55. The van der Waals surface area contributed by atoms with Crippen LogP contribution in [0.4, 0.5) is 0 Å². The van der Waals surface area contributed by atoms with Gasteiger partial charge in [0.15, 0.2) is 0 Å². The maximum absolute atomic E-state index is 12.5. The van der Waals surface area contributed by atoms with Crippen molar-refractivity contribution in [1.29, 1.82) is 5.26 Å². The second kappa shape index (κ2) is 6.56. The highest BCUT2D eigenvalue weighted by Gasteiger charge is 2.25. The molecule has 1 aromatic rings. The highest BCUT2D eigenvalue weighted by molar-refractivity contribution is 7.89. The van der Waals surface area contributed by atoms with Crippen molar-refractivity contribution < 1.29 is 8.42 Å². The van der Waals surface area contributed by atoms with Crippen molar-refractivity contribution in [2.45, 2.75) is 49.6 Å². The minimum atomic E-state index is -3.52. The second-order valence-corrected chi connectivity index (χ2v) is 7.23. The van der Waals surface area contributed by atoms with Gasteiger partial charge in [-0.25, -0.2) is 13.1 Å². The molecule has 0 unspecified atom stereocenters. The van der Waals surface area contributed by atoms with Gasteiger partial charge in [0.2, 0.25) is 10.0 Å². The summed E-state index contributed by atoms with van der Waals surface area (Å²) in [5, 5.41) is 12.1. The van der Waals surface area contributed by atoms with E-state index in [2.05, 4.69) is 10.0 Å². The van der Waals surface area contributed by atoms with Gasteiger partial charge >= 0.3 is 0 Å². The number of nitriles is 1. The van der Waals surface area contributed by atoms with Crippen molar-refractivity contribution in [2.75, 3.05) is 7.05 Å². The van der Waals surface area contributed by atoms with Crippen LogP contribution in [0.5, 0.6) is 0 Å². The molecule has 1 fully saturated rings. The molecule has 2 N–H and O–H groups in total. The monoisotopic (exact) mass is 307 g/mol. The number of rotatable bonds is 4. The molecule has 0 saturated heterocycles. The molecule has 0 bridgehead atoms. The van der Waals surface area contributed by atoms with Crippen LogP contribution in [0.2, 0.25) is 0 Å². The fraction of sp³-hybridized carbons (Fsp3) is 0.533. The van der Waals surface area contributed by atoms with E-state index in [4.69, 9.17) is 5.26 Å². The Bertz CT molecular complexity index is 641. The Labute approximate surface area is 126 Å². The SMILES string of the molecule is CNC1CCC(NS(=O)(=O)c2ccc(C#N)cc2C)CC1. The standard InChI is InChI=1S/C15H21N3O2S/c1-11-9-12(10-16)3-8-15(11)21(19,20)18-14-6-4-13(17-2)5-7-14/h3,8-9,13-14,17-18H,4-7H2,1-2H3. The average Bonchev–Trinajstić information content (AvgIpc) is 2.47. The molecule has 1 aliphatic carbocycles. The molecule has 1 saturated carbocycles. The van der Waals surface area contributed by atoms with Crippen LogP contribution in [0.1, 0.15) is 36.8 Å². The highest BCUT2D eigenvalue weighted by atomic mass is 32.2. The molecule has 5 nitrogen and oxygen atoms in total. The number of hydrogen-bond acceptors (Lipinski definition) is 4. The molecule has 0 aromatic heterocycles. The van der Waals surface area contributed by atoms with Crippen molar-refractivity contribution >= 4 is 10.0 Å². The summed E-state index contributed by atoms with van der Waals surface area (Å²) in [6, 6.07) is 7.15. The zero-order valence-corrected chi connectivity index (χ0v) is 13.2. The number of aryl methyl sites for hydroxylation is 1. The summed E-state index contributed by atoms with van der Waals surface area (Å²) in [6.45, 7) is 1.72. The number of benzene rings is 1. The van der Waals surface area contributed by atoms with E-state index in [1.165, 1.54) is 6.07 Å². The van der Waals surface area contributed by atoms with E-state index in [1.807, 2.05) is 13.1 Å². The average molecular weight is 307 g/mol. The minimum Gasteiger partial charge on any atom is -0.317 e. The van der Waals surface area contributed by atoms with E-state index in [-0.39, 0.29) is 10.9 Å². The van der Waals surface area contributed by atoms with E-state index >= 15 is 0 Å². The van der Waals surface area contributed by atoms with Gasteiger partial charge in [0.25, 0.3) is 0 Å². The topological polar surface area (TPSA) is 82.0 Å². The molecular formula is C15H21N3O2S. The largest absolute Gasteiger partial charge is 0.317 e. The van der Waals surface area contributed by atoms with E-state index in [1.54, 1.807) is 19.1 Å². The lowest BCUT2D eigenvalue weighted by molar-refractivity contribution is 0.342. The summed E-state index contributed by atoms with van der Waals surface area (Å²) in [6.07, 6.45) is 3.66. The van der Waals surface area contributed by atoms with Crippen LogP contribution in [0.25, 0.3) is 0 Å². The molecule has 0 radical (unpaired) electrons. The first kappa shape index (κ1) is 16.0. The van der Waals surface area contributed by atoms with Gasteiger partial charge in [0, 0.05) is 12.1 Å². The predicted molar refractivity (Wildman–Crippen MR) is 81.3 cm³/mol. The van der Waals surface area contributed by atoms with Gasteiger partial charge in [-0.1, -0.05) is 0 Å². The maximum Gasteiger partial charge on any atom is 0.241 e. The van der Waals surface area contributed by atoms with Gasteiger partial charge in [0.1, 0.15) is 0 Å². The van der Waals surface area contributed by atoms with Crippen molar-refractivity contribution in [3.05, 3.63) is 29.3 Å². The lowest BCUT2D eigenvalue weighted by atomic mass is 9.92. The first-order valence-corrected chi connectivity index (χ1v) is 8.65. The summed E-state index contributed by atoms with van der Waals surface area (Å²) in [5.41, 5.74) is 1.08. The van der Waals surface area contributed by atoms with E-state index in [0.717, 1.165) is 25.7 Å². The molecule has 0 heterocycles. The normalized spacial score (nSPS) is 22.7. The van der Waals surface area contributed by atoms with Gasteiger partial charge in [-0.15, -0.1) is 0 Å². The molecule has 0 aliphatic heterocycles. The van der Waals surface area contributed by atoms with Gasteiger partial charge in [0.05, 0.1) is 16.5 Å². The molecule has 114 valence electrons. The molecule has 0 atom stereocenters. The predicted octanol–water partition coefficient (Wildman–Crippen LogP) is 1.68. The number of sulfonamides is 1. The first-order chi connectivity index (χ1) is 9.96. The van der Waals surface area contributed by atoms with Gasteiger partial charge < -0.3 is 5.32 Å². The molecule has 0 amide bonds. The smallest absolute Gasteiger partial charge is 0.241 e. The summed E-state index contributed by atoms with van der Waals surface area (Å²) in [7, 11) is -1.58. The molecule has 21 heavy (non-hydrogen) atoms. The Morgan fingerprint density at radius 1 is 1.19 bits per heavy atom. The number of nitrogens with zero attached hydrogens (tertiary/aromatic N) is 1. The fourth-order valence-corrected chi connectivity index (χ4v) is 4.33. The molecule has 6 heteroatoms. The zero-order valence-electron chi connectivity index (χ0n) is 12.4.